The van der Waals surface area contributed by atoms with E-state index in [1.807, 2.05) is 48.8 Å². The van der Waals surface area contributed by atoms with Crippen LogP contribution in [0.2, 0.25) is 0 Å². The van der Waals surface area contributed by atoms with Crippen molar-refractivity contribution in [3.8, 4) is 5.75 Å². The molecule has 1 aliphatic rings. The molecule has 0 spiro atoms. The maximum Gasteiger partial charge on any atom is 0.173 e. The average molecular weight is 328 g/mol. The first-order valence-corrected chi connectivity index (χ1v) is 8.02. The minimum atomic E-state index is 0.768. The molecule has 6 heteroatoms. The van der Waals surface area contributed by atoms with Gasteiger partial charge in [-0.25, -0.2) is 0 Å². The monoisotopic (exact) mass is 328 g/mol. The Morgan fingerprint density at radius 2 is 1.70 bits per heavy atom. The predicted octanol–water partition coefficient (Wildman–Crippen LogP) is 2.61. The number of methoxy groups -OCH3 is 1. The van der Waals surface area contributed by atoms with Crippen molar-refractivity contribution in [2.24, 2.45) is 0 Å². The van der Waals surface area contributed by atoms with Crippen LogP contribution in [-0.2, 0) is 0 Å². The van der Waals surface area contributed by atoms with Gasteiger partial charge in [-0.15, -0.1) is 0 Å². The molecule has 5 nitrogen and oxygen atoms in total. The number of anilines is 2. The van der Waals surface area contributed by atoms with Crippen LogP contribution < -0.4 is 15.0 Å². The van der Waals surface area contributed by atoms with Gasteiger partial charge in [0.1, 0.15) is 5.75 Å². The van der Waals surface area contributed by atoms with Gasteiger partial charge in [0.15, 0.2) is 5.11 Å². The molecule has 3 rings (SSSR count). The number of thiocarbonyl (C=S) groups is 1. The Kier molecular flexibility index (Phi) is 4.92. The summed E-state index contributed by atoms with van der Waals surface area (Å²) in [5, 5.41) is 4.06. The van der Waals surface area contributed by atoms with Gasteiger partial charge >= 0.3 is 0 Å². The number of hydrogen-bond donors (Lipinski definition) is 1. The zero-order valence-corrected chi connectivity index (χ0v) is 13.9. The van der Waals surface area contributed by atoms with E-state index in [2.05, 4.69) is 20.1 Å². The summed E-state index contributed by atoms with van der Waals surface area (Å²) in [4.78, 5) is 8.63. The molecular weight excluding hydrogens is 308 g/mol. The van der Waals surface area contributed by atoms with Crippen LogP contribution in [-0.4, -0.2) is 48.3 Å². The molecule has 1 aromatic heterocycles. The van der Waals surface area contributed by atoms with Gasteiger partial charge in [0.05, 0.1) is 7.11 Å². The Bertz CT molecular complexity index is 639. The number of pyridine rings is 1. The molecular formula is C17H20N4OS. The minimum absolute atomic E-state index is 0.768. The summed E-state index contributed by atoms with van der Waals surface area (Å²) < 4.78 is 5.16. The van der Waals surface area contributed by atoms with E-state index < -0.39 is 0 Å². The van der Waals surface area contributed by atoms with Crippen molar-refractivity contribution in [3.63, 3.8) is 0 Å². The van der Waals surface area contributed by atoms with Crippen LogP contribution in [0.4, 0.5) is 11.4 Å². The van der Waals surface area contributed by atoms with Gasteiger partial charge < -0.3 is 19.9 Å². The number of benzene rings is 1. The number of ether oxygens (including phenoxy) is 1. The van der Waals surface area contributed by atoms with Crippen molar-refractivity contribution in [2.45, 2.75) is 0 Å². The highest BCUT2D eigenvalue weighted by atomic mass is 32.1. The summed E-state index contributed by atoms with van der Waals surface area (Å²) in [7, 11) is 1.66. The predicted molar refractivity (Wildman–Crippen MR) is 97.2 cm³/mol. The normalized spacial score (nSPS) is 14.5. The summed E-state index contributed by atoms with van der Waals surface area (Å²) >= 11 is 5.53. The largest absolute Gasteiger partial charge is 0.497 e. The summed E-state index contributed by atoms with van der Waals surface area (Å²) in [6.45, 7) is 3.72. The third kappa shape index (κ3) is 3.90. The quantitative estimate of drug-likeness (QED) is 0.874. The lowest BCUT2D eigenvalue weighted by molar-refractivity contribution is 0.391. The smallest absolute Gasteiger partial charge is 0.173 e. The molecule has 23 heavy (non-hydrogen) atoms. The maximum absolute atomic E-state index is 5.53. The fourth-order valence-electron chi connectivity index (χ4n) is 2.60. The molecule has 2 heterocycles. The van der Waals surface area contributed by atoms with Gasteiger partial charge in [0.2, 0.25) is 0 Å². The number of aromatic nitrogens is 1. The van der Waals surface area contributed by atoms with E-state index in [4.69, 9.17) is 17.0 Å². The van der Waals surface area contributed by atoms with Gasteiger partial charge in [-0.2, -0.15) is 0 Å². The van der Waals surface area contributed by atoms with E-state index in [1.165, 1.54) is 5.69 Å². The lowest BCUT2D eigenvalue weighted by Gasteiger charge is -2.37. The molecule has 1 N–H and O–H groups in total. The molecule has 0 unspecified atom stereocenters. The molecule has 0 atom stereocenters. The zero-order chi connectivity index (χ0) is 16.1. The van der Waals surface area contributed by atoms with Gasteiger partial charge in [-0.1, -0.05) is 0 Å². The Labute approximate surface area is 141 Å². The molecule has 1 fully saturated rings. The van der Waals surface area contributed by atoms with Gasteiger partial charge in [-0.3, -0.25) is 4.98 Å². The topological polar surface area (TPSA) is 40.6 Å². The first-order chi connectivity index (χ1) is 11.3. The van der Waals surface area contributed by atoms with Crippen molar-refractivity contribution in [2.75, 3.05) is 43.5 Å². The van der Waals surface area contributed by atoms with E-state index in [0.717, 1.165) is 42.7 Å². The number of nitrogens with zero attached hydrogens (tertiary/aromatic N) is 3. The summed E-state index contributed by atoms with van der Waals surface area (Å²) in [5.74, 6) is 0.840. The lowest BCUT2D eigenvalue weighted by atomic mass is 10.2. The van der Waals surface area contributed by atoms with E-state index in [9.17, 15) is 0 Å². The highest BCUT2D eigenvalue weighted by Crippen LogP contribution is 2.17. The SMILES string of the molecule is COc1ccc(NC(=S)N2CCN(c3ccncc3)CC2)cc1. The van der Waals surface area contributed by atoms with Gasteiger partial charge in [0.25, 0.3) is 0 Å². The minimum Gasteiger partial charge on any atom is -0.497 e. The number of rotatable bonds is 3. The molecule has 120 valence electrons. The van der Waals surface area contributed by atoms with E-state index in [1.54, 1.807) is 7.11 Å². The Hall–Kier alpha value is -2.34. The second-order valence-electron chi connectivity index (χ2n) is 5.34. The summed E-state index contributed by atoms with van der Waals surface area (Å²) in [6, 6.07) is 11.9. The lowest BCUT2D eigenvalue weighted by Crippen LogP contribution is -2.50. The third-order valence-corrected chi connectivity index (χ3v) is 4.30. The van der Waals surface area contributed by atoms with E-state index in [0.29, 0.717) is 0 Å². The zero-order valence-electron chi connectivity index (χ0n) is 13.1. The van der Waals surface area contributed by atoms with E-state index in [-0.39, 0.29) is 0 Å². The first-order valence-electron chi connectivity index (χ1n) is 7.61. The number of piperazine rings is 1. The Balaban J connectivity index is 1.53. The van der Waals surface area contributed by atoms with Crippen molar-refractivity contribution in [3.05, 3.63) is 48.8 Å². The maximum atomic E-state index is 5.53. The highest BCUT2D eigenvalue weighted by Gasteiger charge is 2.19. The van der Waals surface area contributed by atoms with Crippen LogP contribution in [0.25, 0.3) is 0 Å². The van der Waals surface area contributed by atoms with Crippen molar-refractivity contribution >= 4 is 28.7 Å². The van der Waals surface area contributed by atoms with Crippen LogP contribution in [0.3, 0.4) is 0 Å². The van der Waals surface area contributed by atoms with Crippen molar-refractivity contribution < 1.29 is 4.74 Å². The Morgan fingerprint density at radius 1 is 1.04 bits per heavy atom. The number of nitrogens with one attached hydrogen (secondary N) is 1. The average Bonchev–Trinajstić information content (AvgIpc) is 2.63. The van der Waals surface area contributed by atoms with Crippen LogP contribution >= 0.6 is 12.2 Å². The van der Waals surface area contributed by atoms with E-state index >= 15 is 0 Å². The second-order valence-corrected chi connectivity index (χ2v) is 5.72. The van der Waals surface area contributed by atoms with Crippen LogP contribution in [0.5, 0.6) is 5.75 Å². The van der Waals surface area contributed by atoms with Crippen molar-refractivity contribution in [1.29, 1.82) is 0 Å². The van der Waals surface area contributed by atoms with Crippen molar-refractivity contribution in [1.82, 2.24) is 9.88 Å². The third-order valence-electron chi connectivity index (χ3n) is 3.94. The molecule has 1 aromatic carbocycles. The molecule has 0 aliphatic carbocycles. The summed E-state index contributed by atoms with van der Waals surface area (Å²) in [5.41, 5.74) is 2.20. The molecule has 2 aromatic rings. The Morgan fingerprint density at radius 3 is 2.30 bits per heavy atom. The highest BCUT2D eigenvalue weighted by molar-refractivity contribution is 7.80. The van der Waals surface area contributed by atoms with Gasteiger partial charge in [-0.05, 0) is 48.6 Å². The molecule has 0 amide bonds. The van der Waals surface area contributed by atoms with Crippen LogP contribution in [0.15, 0.2) is 48.8 Å². The molecule has 0 saturated carbocycles. The molecule has 1 saturated heterocycles. The van der Waals surface area contributed by atoms with Gasteiger partial charge in [0, 0.05) is 49.9 Å². The van der Waals surface area contributed by atoms with Crippen LogP contribution in [0, 0.1) is 0 Å². The fourth-order valence-corrected chi connectivity index (χ4v) is 2.90. The van der Waals surface area contributed by atoms with Crippen LogP contribution in [0.1, 0.15) is 0 Å². The standard InChI is InChI=1S/C17H20N4OS/c1-22-16-4-2-14(3-5-16)19-17(23)21-12-10-20(11-13-21)15-6-8-18-9-7-15/h2-9H,10-13H2,1H3,(H,19,23). The molecule has 0 bridgehead atoms. The number of hydrogen-bond acceptors (Lipinski definition) is 4. The fraction of sp³-hybridized carbons (Fsp3) is 0.294. The summed E-state index contributed by atoms with van der Waals surface area (Å²) in [6.07, 6.45) is 3.66. The molecule has 1 aliphatic heterocycles. The molecule has 0 radical (unpaired) electrons. The first kappa shape index (κ1) is 15.6. The second kappa shape index (κ2) is 7.28.